The summed E-state index contributed by atoms with van der Waals surface area (Å²) in [4.78, 5) is 11.9. The first kappa shape index (κ1) is 17.4. The lowest BCUT2D eigenvalue weighted by Gasteiger charge is -2.27. The molecule has 0 heterocycles. The summed E-state index contributed by atoms with van der Waals surface area (Å²) in [6.07, 6.45) is 1.06. The molecule has 0 unspecified atom stereocenters. The van der Waals surface area contributed by atoms with Crippen LogP contribution >= 0.6 is 0 Å². The van der Waals surface area contributed by atoms with Crippen molar-refractivity contribution in [3.05, 3.63) is 0 Å². The predicted molar refractivity (Wildman–Crippen MR) is 73.6 cm³/mol. The van der Waals surface area contributed by atoms with Crippen LogP contribution in [0.4, 0.5) is 0 Å². The van der Waals surface area contributed by atoms with Gasteiger partial charge >= 0.3 is 0 Å². The number of amides is 1. The molecule has 0 spiro atoms. The number of hydrogen-bond acceptors (Lipinski definition) is 3. The zero-order valence-corrected chi connectivity index (χ0v) is 12.8. The van der Waals surface area contributed by atoms with Crippen molar-refractivity contribution in [1.82, 2.24) is 5.32 Å². The summed E-state index contributed by atoms with van der Waals surface area (Å²) in [6, 6.07) is 0. The van der Waals surface area contributed by atoms with E-state index in [2.05, 4.69) is 26.1 Å². The van der Waals surface area contributed by atoms with E-state index in [1.54, 1.807) is 7.11 Å². The third-order valence-corrected chi connectivity index (χ3v) is 3.12. The summed E-state index contributed by atoms with van der Waals surface area (Å²) < 4.78 is 10.6. The Balaban J connectivity index is 4.02. The number of nitrogens with one attached hydrogen (secondary N) is 1. The van der Waals surface area contributed by atoms with Crippen molar-refractivity contribution in [2.24, 2.45) is 10.8 Å². The highest BCUT2D eigenvalue weighted by molar-refractivity contribution is 5.81. The zero-order chi connectivity index (χ0) is 14.2. The molecule has 0 bridgehead atoms. The molecule has 1 amide bonds. The third-order valence-electron chi connectivity index (χ3n) is 3.12. The van der Waals surface area contributed by atoms with Gasteiger partial charge < -0.3 is 14.8 Å². The van der Waals surface area contributed by atoms with Crippen LogP contribution in [0.5, 0.6) is 0 Å². The molecule has 4 nitrogen and oxygen atoms in total. The van der Waals surface area contributed by atoms with Crippen LogP contribution in [-0.2, 0) is 14.3 Å². The summed E-state index contributed by atoms with van der Waals surface area (Å²) >= 11 is 0. The van der Waals surface area contributed by atoms with Crippen LogP contribution in [0.15, 0.2) is 0 Å². The fourth-order valence-corrected chi connectivity index (χ4v) is 1.26. The molecule has 0 radical (unpaired) electrons. The number of ether oxygens (including phenoxy) is 2. The quantitative estimate of drug-likeness (QED) is 0.646. The number of rotatable bonds is 9. The molecule has 0 aliphatic rings. The second-order valence-electron chi connectivity index (χ2n) is 6.14. The summed E-state index contributed by atoms with van der Waals surface area (Å²) in [5.41, 5.74) is -0.333. The normalized spacial score (nSPS) is 12.6. The standard InChI is InChI=1S/C14H29NO3/c1-7-13(2,3)10-18-11-14(4,5)12(16)15-8-9-17-6/h7-11H2,1-6H3,(H,15,16). The lowest BCUT2D eigenvalue weighted by Crippen LogP contribution is -2.41. The molecule has 1 N–H and O–H groups in total. The monoisotopic (exact) mass is 259 g/mol. The van der Waals surface area contributed by atoms with E-state index in [1.807, 2.05) is 13.8 Å². The Morgan fingerprint density at radius 3 is 2.28 bits per heavy atom. The molecule has 4 heteroatoms. The molecule has 0 saturated carbocycles. The summed E-state index contributed by atoms with van der Waals surface area (Å²) in [7, 11) is 1.62. The molecule has 0 aromatic rings. The fraction of sp³-hybridized carbons (Fsp3) is 0.929. The first-order chi connectivity index (χ1) is 8.25. The molecular formula is C14H29NO3. The Labute approximate surface area is 111 Å². The zero-order valence-electron chi connectivity index (χ0n) is 12.8. The van der Waals surface area contributed by atoms with Crippen molar-refractivity contribution in [3.63, 3.8) is 0 Å². The summed E-state index contributed by atoms with van der Waals surface area (Å²) in [5, 5.41) is 2.84. The van der Waals surface area contributed by atoms with Crippen molar-refractivity contribution in [3.8, 4) is 0 Å². The van der Waals surface area contributed by atoms with E-state index in [9.17, 15) is 4.79 Å². The summed E-state index contributed by atoms with van der Waals surface area (Å²) in [6.45, 7) is 12.5. The lowest BCUT2D eigenvalue weighted by atomic mass is 9.90. The molecule has 0 atom stereocenters. The van der Waals surface area contributed by atoms with Gasteiger partial charge in [0.05, 0.1) is 25.2 Å². The minimum Gasteiger partial charge on any atom is -0.383 e. The molecule has 0 aliphatic carbocycles. The van der Waals surface area contributed by atoms with Gasteiger partial charge in [-0.3, -0.25) is 4.79 Å². The van der Waals surface area contributed by atoms with E-state index in [1.165, 1.54) is 0 Å². The Hall–Kier alpha value is -0.610. The van der Waals surface area contributed by atoms with Gasteiger partial charge in [0.2, 0.25) is 5.91 Å². The molecule has 108 valence electrons. The van der Waals surface area contributed by atoms with Gasteiger partial charge in [0.25, 0.3) is 0 Å². The highest BCUT2D eigenvalue weighted by Crippen LogP contribution is 2.22. The Morgan fingerprint density at radius 1 is 1.17 bits per heavy atom. The Morgan fingerprint density at radius 2 is 1.78 bits per heavy atom. The molecule has 0 aliphatic heterocycles. The first-order valence-electron chi connectivity index (χ1n) is 6.60. The van der Waals surface area contributed by atoms with Crippen molar-refractivity contribution in [2.75, 3.05) is 33.5 Å². The number of hydrogen-bond donors (Lipinski definition) is 1. The second kappa shape index (κ2) is 7.74. The van der Waals surface area contributed by atoms with Crippen molar-refractivity contribution in [2.45, 2.75) is 41.0 Å². The first-order valence-corrected chi connectivity index (χ1v) is 6.60. The van der Waals surface area contributed by atoms with Crippen LogP contribution in [0.1, 0.15) is 41.0 Å². The van der Waals surface area contributed by atoms with E-state index < -0.39 is 5.41 Å². The van der Waals surface area contributed by atoms with E-state index in [-0.39, 0.29) is 11.3 Å². The van der Waals surface area contributed by atoms with Crippen LogP contribution < -0.4 is 5.32 Å². The topological polar surface area (TPSA) is 47.6 Å². The van der Waals surface area contributed by atoms with Crippen molar-refractivity contribution in [1.29, 1.82) is 0 Å². The highest BCUT2D eigenvalue weighted by atomic mass is 16.5. The Kier molecular flexibility index (Phi) is 7.48. The van der Waals surface area contributed by atoms with Crippen LogP contribution in [-0.4, -0.2) is 39.4 Å². The maximum absolute atomic E-state index is 11.9. The Bertz CT molecular complexity index is 249. The minimum atomic E-state index is -0.502. The molecule has 18 heavy (non-hydrogen) atoms. The molecular weight excluding hydrogens is 230 g/mol. The van der Waals surface area contributed by atoms with Crippen molar-refractivity contribution >= 4 is 5.91 Å². The predicted octanol–water partition coefficient (Wildman–Crippen LogP) is 2.23. The molecule has 0 aromatic heterocycles. The maximum Gasteiger partial charge on any atom is 0.228 e. The largest absolute Gasteiger partial charge is 0.383 e. The van der Waals surface area contributed by atoms with E-state index >= 15 is 0 Å². The van der Waals surface area contributed by atoms with E-state index in [0.29, 0.717) is 26.4 Å². The van der Waals surface area contributed by atoms with Gasteiger partial charge in [-0.1, -0.05) is 20.8 Å². The molecule has 0 fully saturated rings. The van der Waals surface area contributed by atoms with Gasteiger partial charge in [-0.15, -0.1) is 0 Å². The van der Waals surface area contributed by atoms with Crippen LogP contribution in [0.2, 0.25) is 0 Å². The number of methoxy groups -OCH3 is 1. The van der Waals surface area contributed by atoms with Gasteiger partial charge in [0.1, 0.15) is 0 Å². The van der Waals surface area contributed by atoms with Gasteiger partial charge in [0, 0.05) is 13.7 Å². The fourth-order valence-electron chi connectivity index (χ4n) is 1.26. The van der Waals surface area contributed by atoms with Gasteiger partial charge in [-0.2, -0.15) is 0 Å². The highest BCUT2D eigenvalue weighted by Gasteiger charge is 2.28. The SMILES string of the molecule is CCC(C)(C)COCC(C)(C)C(=O)NCCOC. The average Bonchev–Trinajstić information content (AvgIpc) is 2.28. The van der Waals surface area contributed by atoms with Crippen molar-refractivity contribution < 1.29 is 14.3 Å². The van der Waals surface area contributed by atoms with Gasteiger partial charge in [-0.25, -0.2) is 0 Å². The lowest BCUT2D eigenvalue weighted by molar-refractivity contribution is -0.133. The van der Waals surface area contributed by atoms with E-state index in [0.717, 1.165) is 6.42 Å². The molecule has 0 rings (SSSR count). The van der Waals surface area contributed by atoms with Crippen LogP contribution in [0, 0.1) is 10.8 Å². The number of carbonyl (C=O) groups is 1. The van der Waals surface area contributed by atoms with Crippen LogP contribution in [0.25, 0.3) is 0 Å². The average molecular weight is 259 g/mol. The smallest absolute Gasteiger partial charge is 0.228 e. The van der Waals surface area contributed by atoms with E-state index in [4.69, 9.17) is 9.47 Å². The summed E-state index contributed by atoms with van der Waals surface area (Å²) in [5.74, 6) is 0.00820. The number of carbonyl (C=O) groups excluding carboxylic acids is 1. The van der Waals surface area contributed by atoms with Crippen LogP contribution in [0.3, 0.4) is 0 Å². The third kappa shape index (κ3) is 6.97. The minimum absolute atomic E-state index is 0.00820. The maximum atomic E-state index is 11.9. The van der Waals surface area contributed by atoms with Gasteiger partial charge in [-0.05, 0) is 25.7 Å². The molecule has 0 aromatic carbocycles. The van der Waals surface area contributed by atoms with Gasteiger partial charge in [0.15, 0.2) is 0 Å². The second-order valence-corrected chi connectivity index (χ2v) is 6.14. The molecule has 0 saturated heterocycles.